The third-order valence-electron chi connectivity index (χ3n) is 7.81. The molecular weight excluding hydrogens is 460 g/mol. The number of aliphatic hydroxyl groups excluding tert-OH is 2. The van der Waals surface area contributed by atoms with Crippen molar-refractivity contribution in [2.45, 2.75) is 44.7 Å². The van der Waals surface area contributed by atoms with Gasteiger partial charge in [0.15, 0.2) is 0 Å². The summed E-state index contributed by atoms with van der Waals surface area (Å²) in [6.07, 6.45) is 5.38. The van der Waals surface area contributed by atoms with E-state index in [2.05, 4.69) is 4.98 Å². The van der Waals surface area contributed by atoms with Crippen LogP contribution < -0.4 is 4.74 Å². The van der Waals surface area contributed by atoms with Gasteiger partial charge >= 0.3 is 6.03 Å². The van der Waals surface area contributed by atoms with Gasteiger partial charge in [-0.3, -0.25) is 19.5 Å². The Bertz CT molecular complexity index is 1260. The van der Waals surface area contributed by atoms with Gasteiger partial charge in [-0.1, -0.05) is 13.0 Å². The second-order valence-electron chi connectivity index (χ2n) is 9.93. The van der Waals surface area contributed by atoms with Crippen molar-refractivity contribution in [2.75, 3.05) is 39.9 Å². The molecular formula is C27H34N4O5. The molecule has 1 fully saturated rings. The van der Waals surface area contributed by atoms with Gasteiger partial charge in [-0.2, -0.15) is 0 Å². The van der Waals surface area contributed by atoms with E-state index in [0.717, 1.165) is 40.0 Å². The van der Waals surface area contributed by atoms with E-state index in [-0.39, 0.29) is 30.8 Å². The molecule has 0 radical (unpaired) electrons. The third-order valence-corrected chi connectivity index (χ3v) is 7.81. The molecule has 3 amide bonds. The fourth-order valence-electron chi connectivity index (χ4n) is 5.87. The number of rotatable bonds is 8. The van der Waals surface area contributed by atoms with Gasteiger partial charge < -0.3 is 19.9 Å². The molecule has 1 aromatic heterocycles. The van der Waals surface area contributed by atoms with Crippen LogP contribution in [0.2, 0.25) is 0 Å². The maximum atomic E-state index is 13.9. The van der Waals surface area contributed by atoms with Gasteiger partial charge in [-0.15, -0.1) is 0 Å². The molecule has 2 aromatic rings. The first-order valence-electron chi connectivity index (χ1n) is 12.6. The molecule has 0 bridgehead atoms. The normalized spacial score (nSPS) is 23.8. The Balaban J connectivity index is 1.60. The minimum absolute atomic E-state index is 0.0246. The molecule has 2 aliphatic heterocycles. The second-order valence-corrected chi connectivity index (χ2v) is 9.93. The first kappa shape index (κ1) is 24.4. The maximum Gasteiger partial charge on any atom is 0.328 e. The van der Waals surface area contributed by atoms with Gasteiger partial charge in [0, 0.05) is 49.1 Å². The van der Waals surface area contributed by atoms with E-state index < -0.39 is 11.6 Å². The van der Waals surface area contributed by atoms with Gasteiger partial charge in [0.05, 0.1) is 19.5 Å². The summed E-state index contributed by atoms with van der Waals surface area (Å²) in [4.78, 5) is 36.4. The van der Waals surface area contributed by atoms with Crippen LogP contribution in [-0.2, 0) is 11.2 Å². The zero-order valence-corrected chi connectivity index (χ0v) is 21.1. The number of fused-ring (bicyclic) bond motifs is 4. The molecule has 2 atom stereocenters. The van der Waals surface area contributed by atoms with Crippen molar-refractivity contribution >= 4 is 22.8 Å². The van der Waals surface area contributed by atoms with E-state index >= 15 is 0 Å². The Kier molecular flexibility index (Phi) is 6.30. The molecule has 1 saturated heterocycles. The number of urea groups is 1. The lowest BCUT2D eigenvalue weighted by molar-refractivity contribution is -0.133. The monoisotopic (exact) mass is 494 g/mol. The molecule has 3 heterocycles. The molecule has 3 aliphatic rings. The zero-order valence-electron chi connectivity index (χ0n) is 21.1. The summed E-state index contributed by atoms with van der Waals surface area (Å²) in [5.41, 5.74) is 2.52. The van der Waals surface area contributed by atoms with Gasteiger partial charge in [0.1, 0.15) is 17.3 Å². The molecule has 1 aromatic carbocycles. The number of amides is 3. The highest BCUT2D eigenvalue weighted by Crippen LogP contribution is 2.50. The Labute approximate surface area is 210 Å². The molecule has 0 unspecified atom stereocenters. The van der Waals surface area contributed by atoms with Gasteiger partial charge in [-0.05, 0) is 55.3 Å². The van der Waals surface area contributed by atoms with Gasteiger partial charge in [0.25, 0.3) is 5.91 Å². The molecule has 192 valence electrons. The number of hydrogen-bond donors (Lipinski definition) is 3. The number of benzene rings is 1. The van der Waals surface area contributed by atoms with Crippen LogP contribution in [0.1, 0.15) is 44.0 Å². The fourth-order valence-corrected chi connectivity index (χ4v) is 5.87. The average Bonchev–Trinajstić information content (AvgIpc) is 3.31. The number of imide groups is 1. The van der Waals surface area contributed by atoms with Crippen LogP contribution in [0.5, 0.6) is 5.75 Å². The van der Waals surface area contributed by atoms with E-state index in [1.807, 2.05) is 43.0 Å². The summed E-state index contributed by atoms with van der Waals surface area (Å²) in [6.45, 7) is 5.83. The predicted molar refractivity (Wildman–Crippen MR) is 136 cm³/mol. The summed E-state index contributed by atoms with van der Waals surface area (Å²) < 4.78 is 5.46. The lowest BCUT2D eigenvalue weighted by Crippen LogP contribution is -2.53. The Morgan fingerprint density at radius 2 is 2.08 bits per heavy atom. The van der Waals surface area contributed by atoms with E-state index in [9.17, 15) is 19.8 Å². The molecule has 5 rings (SSSR count). The van der Waals surface area contributed by atoms with Crippen LogP contribution >= 0.6 is 0 Å². The van der Waals surface area contributed by atoms with Crippen molar-refractivity contribution < 1.29 is 24.5 Å². The maximum absolute atomic E-state index is 13.9. The van der Waals surface area contributed by atoms with Crippen molar-refractivity contribution in [1.82, 2.24) is 19.7 Å². The quantitative estimate of drug-likeness (QED) is 0.486. The highest BCUT2D eigenvalue weighted by atomic mass is 16.5. The van der Waals surface area contributed by atoms with Crippen LogP contribution in [-0.4, -0.2) is 87.3 Å². The van der Waals surface area contributed by atoms with Crippen LogP contribution in [0.15, 0.2) is 41.7 Å². The van der Waals surface area contributed by atoms with Crippen molar-refractivity contribution in [3.05, 3.63) is 52.9 Å². The van der Waals surface area contributed by atoms with Crippen LogP contribution in [0.3, 0.4) is 0 Å². The lowest BCUT2D eigenvalue weighted by atomic mass is 9.80. The van der Waals surface area contributed by atoms with Crippen molar-refractivity contribution in [2.24, 2.45) is 0 Å². The number of ether oxygens (including phenoxy) is 1. The number of aromatic amines is 1. The first-order valence-corrected chi connectivity index (χ1v) is 12.6. The third kappa shape index (κ3) is 3.77. The highest BCUT2D eigenvalue weighted by Gasteiger charge is 2.60. The van der Waals surface area contributed by atoms with Crippen LogP contribution in [0.4, 0.5) is 4.79 Å². The number of hydrogen-bond acceptors (Lipinski definition) is 6. The number of likely N-dealkylation sites (N-methyl/N-ethyl adjacent to an activating group) is 1. The molecule has 9 heteroatoms. The number of carbonyl (C=O) groups is 2. The largest absolute Gasteiger partial charge is 0.512 e. The number of aromatic nitrogens is 1. The molecule has 9 nitrogen and oxygen atoms in total. The van der Waals surface area contributed by atoms with E-state index in [4.69, 9.17) is 4.74 Å². The van der Waals surface area contributed by atoms with Crippen molar-refractivity contribution in [1.29, 1.82) is 0 Å². The number of H-pyrrole nitrogens is 1. The minimum atomic E-state index is -1.07. The second kappa shape index (κ2) is 9.29. The summed E-state index contributed by atoms with van der Waals surface area (Å²) >= 11 is 0. The van der Waals surface area contributed by atoms with E-state index in [1.54, 1.807) is 18.1 Å². The smallest absolute Gasteiger partial charge is 0.328 e. The first-order chi connectivity index (χ1) is 17.3. The standard InChI is InChI=1S/C27H34N4O5/c1-4-29(12-13-32)10-11-30-25(34)27(2)16-21-20-15-19(36-3)8-9-22(20)28-23(21)24(31(27)26(30)35)17-6-5-7-18(33)14-17/h6,8-9,14-15,24,28,32-33H,4-5,7,10-13,16H2,1-3H3/t24-,27+/m1/s1. The number of methoxy groups -OCH3 is 1. The number of nitrogens with zero attached hydrogens (tertiary/aromatic N) is 3. The number of nitrogens with one attached hydrogen (secondary N) is 1. The van der Waals surface area contributed by atoms with E-state index in [0.29, 0.717) is 32.4 Å². The summed E-state index contributed by atoms with van der Waals surface area (Å²) in [5, 5.41) is 20.7. The molecule has 0 saturated carbocycles. The fraction of sp³-hybridized carbons (Fsp3) is 0.481. The van der Waals surface area contributed by atoms with Crippen molar-refractivity contribution in [3.63, 3.8) is 0 Å². The van der Waals surface area contributed by atoms with Crippen LogP contribution in [0, 0.1) is 0 Å². The topological polar surface area (TPSA) is 109 Å². The average molecular weight is 495 g/mol. The molecule has 36 heavy (non-hydrogen) atoms. The SMILES string of the molecule is CCN(CCO)CCN1C(=O)N2[C@H](C3=CCCC(O)=C3)c3[nH]c4ccc(OC)cc4c3C[C@@]2(C)C1=O. The van der Waals surface area contributed by atoms with Gasteiger partial charge in [0.2, 0.25) is 0 Å². The molecule has 1 aliphatic carbocycles. The minimum Gasteiger partial charge on any atom is -0.512 e. The molecule has 0 spiro atoms. The number of allylic oxidation sites excluding steroid dienone is 2. The Hall–Kier alpha value is -3.30. The van der Waals surface area contributed by atoms with E-state index in [1.165, 1.54) is 4.90 Å². The van der Waals surface area contributed by atoms with Crippen LogP contribution in [0.25, 0.3) is 10.9 Å². The molecule has 3 N–H and O–H groups in total. The summed E-state index contributed by atoms with van der Waals surface area (Å²) in [6, 6.07) is 4.96. The summed E-state index contributed by atoms with van der Waals surface area (Å²) in [5.74, 6) is 0.781. The lowest BCUT2D eigenvalue weighted by Gasteiger charge is -2.43. The summed E-state index contributed by atoms with van der Waals surface area (Å²) in [7, 11) is 1.62. The van der Waals surface area contributed by atoms with Crippen molar-refractivity contribution in [3.8, 4) is 5.75 Å². The predicted octanol–water partition coefficient (Wildman–Crippen LogP) is 3.27. The number of carbonyl (C=O) groups excluding carboxylic acids is 2. The number of aliphatic hydroxyl groups is 2. The highest BCUT2D eigenvalue weighted by molar-refractivity contribution is 6.08. The van der Waals surface area contributed by atoms with Gasteiger partial charge in [-0.25, -0.2) is 4.79 Å². The Morgan fingerprint density at radius 1 is 1.28 bits per heavy atom. The Morgan fingerprint density at radius 3 is 2.78 bits per heavy atom. The zero-order chi connectivity index (χ0) is 25.6.